The zero-order valence-corrected chi connectivity index (χ0v) is 11.6. The number of aliphatic hydroxyl groups excluding tert-OH is 1. The third kappa shape index (κ3) is 3.95. The van der Waals surface area contributed by atoms with Gasteiger partial charge in [-0.05, 0) is 18.9 Å². The van der Waals surface area contributed by atoms with Crippen molar-refractivity contribution >= 4 is 6.09 Å². The van der Waals surface area contributed by atoms with E-state index >= 15 is 0 Å². The Morgan fingerprint density at radius 1 is 1.40 bits per heavy atom. The molecule has 1 amide bonds. The third-order valence-electron chi connectivity index (χ3n) is 3.73. The lowest BCUT2D eigenvalue weighted by molar-refractivity contribution is -0.0450. The van der Waals surface area contributed by atoms with Gasteiger partial charge in [0.05, 0.1) is 25.4 Å². The summed E-state index contributed by atoms with van der Waals surface area (Å²) in [6, 6.07) is 9.79. The van der Waals surface area contributed by atoms with Crippen molar-refractivity contribution in [1.82, 2.24) is 4.90 Å². The molecular weight excluding hydrogens is 258 g/mol. The maximum Gasteiger partial charge on any atom is 0.407 e. The van der Waals surface area contributed by atoms with Crippen molar-refractivity contribution in [2.45, 2.75) is 32.2 Å². The van der Waals surface area contributed by atoms with E-state index in [4.69, 9.17) is 9.84 Å². The molecule has 1 aromatic carbocycles. The molecule has 3 atom stereocenters. The molecule has 5 nitrogen and oxygen atoms in total. The summed E-state index contributed by atoms with van der Waals surface area (Å²) < 4.78 is 5.81. The van der Waals surface area contributed by atoms with Crippen molar-refractivity contribution < 1.29 is 19.7 Å². The van der Waals surface area contributed by atoms with Gasteiger partial charge in [0.25, 0.3) is 0 Å². The van der Waals surface area contributed by atoms with Gasteiger partial charge in [-0.1, -0.05) is 30.3 Å². The molecule has 2 rings (SSSR count). The number of carbonyl (C=O) groups is 1. The summed E-state index contributed by atoms with van der Waals surface area (Å²) in [6.07, 6.45) is -0.961. The molecule has 1 saturated heterocycles. The maximum atomic E-state index is 11.1. The number of carboxylic acid groups (broad SMARTS) is 1. The Bertz CT molecular complexity index is 435. The average molecular weight is 279 g/mol. The highest BCUT2D eigenvalue weighted by atomic mass is 16.5. The molecule has 2 N–H and O–H groups in total. The van der Waals surface area contributed by atoms with E-state index in [-0.39, 0.29) is 12.0 Å². The number of aliphatic hydroxyl groups is 1. The molecule has 0 aromatic heterocycles. The lowest BCUT2D eigenvalue weighted by Gasteiger charge is -2.37. The molecule has 0 spiro atoms. The molecule has 0 radical (unpaired) electrons. The van der Waals surface area contributed by atoms with E-state index in [2.05, 4.69) is 0 Å². The molecule has 1 aromatic rings. The number of benzene rings is 1. The van der Waals surface area contributed by atoms with Crippen LogP contribution in [0.15, 0.2) is 30.3 Å². The van der Waals surface area contributed by atoms with Crippen molar-refractivity contribution in [3.63, 3.8) is 0 Å². The third-order valence-corrected chi connectivity index (χ3v) is 3.73. The Hall–Kier alpha value is -1.59. The quantitative estimate of drug-likeness (QED) is 0.884. The Balaban J connectivity index is 1.94. The summed E-state index contributed by atoms with van der Waals surface area (Å²) in [5.41, 5.74) is 1.06. The van der Waals surface area contributed by atoms with E-state index in [9.17, 15) is 9.90 Å². The average Bonchev–Trinajstić information content (AvgIpc) is 2.45. The van der Waals surface area contributed by atoms with Gasteiger partial charge in [-0.3, -0.25) is 0 Å². The first-order chi connectivity index (χ1) is 9.56. The normalized spacial score (nSPS) is 24.4. The minimum Gasteiger partial charge on any atom is -0.465 e. The Morgan fingerprint density at radius 3 is 2.70 bits per heavy atom. The SMILES string of the molecule is CC(O)C1CC(OCc2ccccc2)CN(C(=O)O)C1. The Morgan fingerprint density at radius 2 is 2.10 bits per heavy atom. The van der Waals surface area contributed by atoms with Crippen LogP contribution in [0.25, 0.3) is 0 Å². The van der Waals surface area contributed by atoms with E-state index in [0.717, 1.165) is 5.56 Å². The van der Waals surface area contributed by atoms with Gasteiger partial charge in [-0.15, -0.1) is 0 Å². The molecule has 1 aliphatic rings. The van der Waals surface area contributed by atoms with Crippen LogP contribution in [0.3, 0.4) is 0 Å². The first-order valence-electron chi connectivity index (χ1n) is 6.87. The van der Waals surface area contributed by atoms with Crippen LogP contribution < -0.4 is 0 Å². The fourth-order valence-corrected chi connectivity index (χ4v) is 2.50. The van der Waals surface area contributed by atoms with Crippen molar-refractivity contribution in [3.8, 4) is 0 Å². The van der Waals surface area contributed by atoms with Crippen LogP contribution in [0.4, 0.5) is 4.79 Å². The monoisotopic (exact) mass is 279 g/mol. The zero-order chi connectivity index (χ0) is 14.5. The van der Waals surface area contributed by atoms with Crippen molar-refractivity contribution in [2.75, 3.05) is 13.1 Å². The highest BCUT2D eigenvalue weighted by Crippen LogP contribution is 2.23. The highest BCUT2D eigenvalue weighted by Gasteiger charge is 2.32. The summed E-state index contributed by atoms with van der Waals surface area (Å²) in [6.45, 7) is 2.90. The van der Waals surface area contributed by atoms with E-state index in [0.29, 0.717) is 26.1 Å². The van der Waals surface area contributed by atoms with Gasteiger partial charge in [0.15, 0.2) is 0 Å². The molecule has 0 saturated carbocycles. The molecule has 1 fully saturated rings. The fourth-order valence-electron chi connectivity index (χ4n) is 2.50. The number of likely N-dealkylation sites (tertiary alicyclic amines) is 1. The Kier molecular flexibility index (Phi) is 4.98. The predicted octanol–water partition coefficient (Wildman–Crippen LogP) is 1.95. The maximum absolute atomic E-state index is 11.1. The van der Waals surface area contributed by atoms with E-state index in [1.54, 1.807) is 6.92 Å². The van der Waals surface area contributed by atoms with Gasteiger partial charge in [-0.25, -0.2) is 4.79 Å². The van der Waals surface area contributed by atoms with E-state index < -0.39 is 12.2 Å². The molecule has 20 heavy (non-hydrogen) atoms. The molecule has 3 unspecified atom stereocenters. The van der Waals surface area contributed by atoms with Gasteiger partial charge < -0.3 is 19.8 Å². The van der Waals surface area contributed by atoms with E-state index in [1.165, 1.54) is 4.90 Å². The number of amides is 1. The number of hydrogen-bond acceptors (Lipinski definition) is 3. The van der Waals surface area contributed by atoms with Crippen LogP contribution in [-0.2, 0) is 11.3 Å². The molecule has 1 aliphatic heterocycles. The summed E-state index contributed by atoms with van der Waals surface area (Å²) in [7, 11) is 0. The number of rotatable bonds is 4. The number of hydrogen-bond donors (Lipinski definition) is 2. The minimum absolute atomic E-state index is 0.0689. The van der Waals surface area contributed by atoms with Crippen LogP contribution >= 0.6 is 0 Å². The smallest absolute Gasteiger partial charge is 0.407 e. The number of nitrogens with zero attached hydrogens (tertiary/aromatic N) is 1. The van der Waals surface area contributed by atoms with Crippen LogP contribution in [-0.4, -0.2) is 46.5 Å². The van der Waals surface area contributed by atoms with Crippen LogP contribution in [0, 0.1) is 5.92 Å². The second-order valence-electron chi connectivity index (χ2n) is 5.34. The lowest BCUT2D eigenvalue weighted by atomic mass is 9.92. The molecule has 110 valence electrons. The molecule has 1 heterocycles. The summed E-state index contributed by atoms with van der Waals surface area (Å²) in [5.74, 6) is -0.0689. The van der Waals surface area contributed by atoms with E-state index in [1.807, 2.05) is 30.3 Å². The summed E-state index contributed by atoms with van der Waals surface area (Å²) in [5, 5.41) is 18.8. The second kappa shape index (κ2) is 6.72. The largest absolute Gasteiger partial charge is 0.465 e. The van der Waals surface area contributed by atoms with Crippen LogP contribution in [0.2, 0.25) is 0 Å². The second-order valence-corrected chi connectivity index (χ2v) is 5.34. The Labute approximate surface area is 118 Å². The van der Waals surface area contributed by atoms with Gasteiger partial charge in [0, 0.05) is 12.5 Å². The van der Waals surface area contributed by atoms with Crippen molar-refractivity contribution in [1.29, 1.82) is 0 Å². The van der Waals surface area contributed by atoms with Gasteiger partial charge >= 0.3 is 6.09 Å². The van der Waals surface area contributed by atoms with Gasteiger partial charge in [0.2, 0.25) is 0 Å². The summed E-state index contributed by atoms with van der Waals surface area (Å²) in [4.78, 5) is 12.5. The fraction of sp³-hybridized carbons (Fsp3) is 0.533. The van der Waals surface area contributed by atoms with Crippen LogP contribution in [0.5, 0.6) is 0 Å². The van der Waals surface area contributed by atoms with Gasteiger partial charge in [-0.2, -0.15) is 0 Å². The molecule has 5 heteroatoms. The lowest BCUT2D eigenvalue weighted by Crippen LogP contribution is -2.49. The highest BCUT2D eigenvalue weighted by molar-refractivity contribution is 5.65. The first kappa shape index (κ1) is 14.8. The zero-order valence-electron chi connectivity index (χ0n) is 11.6. The first-order valence-corrected chi connectivity index (χ1v) is 6.87. The number of piperidine rings is 1. The van der Waals surface area contributed by atoms with Crippen LogP contribution in [0.1, 0.15) is 18.9 Å². The molecule has 0 aliphatic carbocycles. The van der Waals surface area contributed by atoms with Crippen molar-refractivity contribution in [3.05, 3.63) is 35.9 Å². The minimum atomic E-state index is -0.955. The standard InChI is InChI=1S/C15H21NO4/c1-11(17)13-7-14(9-16(8-13)15(18)19)20-10-12-5-3-2-4-6-12/h2-6,11,13-14,17H,7-10H2,1H3,(H,18,19). The number of ether oxygens (including phenoxy) is 1. The molecule has 0 bridgehead atoms. The predicted molar refractivity (Wildman–Crippen MR) is 74.4 cm³/mol. The van der Waals surface area contributed by atoms with Gasteiger partial charge in [0.1, 0.15) is 0 Å². The van der Waals surface area contributed by atoms with Crippen molar-refractivity contribution in [2.24, 2.45) is 5.92 Å². The summed E-state index contributed by atoms with van der Waals surface area (Å²) >= 11 is 0. The molecular formula is C15H21NO4. The topological polar surface area (TPSA) is 70.0 Å².